The Morgan fingerprint density at radius 1 is 1.50 bits per heavy atom. The Bertz CT molecular complexity index is 284. The highest BCUT2D eigenvalue weighted by molar-refractivity contribution is 4.98. The van der Waals surface area contributed by atoms with Crippen molar-refractivity contribution < 1.29 is 4.74 Å². The summed E-state index contributed by atoms with van der Waals surface area (Å²) in [6, 6.07) is 0. The summed E-state index contributed by atoms with van der Waals surface area (Å²) in [5.41, 5.74) is 1.14. The summed E-state index contributed by atoms with van der Waals surface area (Å²) in [6.45, 7) is 9.83. The van der Waals surface area contributed by atoms with Crippen molar-refractivity contribution in [1.29, 1.82) is 0 Å². The number of imidazole rings is 1. The Labute approximate surface area is 97.8 Å². The van der Waals surface area contributed by atoms with Crippen molar-refractivity contribution >= 4 is 0 Å². The Balaban J connectivity index is 1.92. The van der Waals surface area contributed by atoms with Crippen molar-refractivity contribution in [2.45, 2.75) is 33.7 Å². The summed E-state index contributed by atoms with van der Waals surface area (Å²) in [7, 11) is 0. The third kappa shape index (κ3) is 5.88. The standard InChI is InChI=1S/C12H23N3O/c1-10(2)9-16-6-4-5-13-7-12-8-14-11(3)15-12/h8,10,13H,4-7,9H2,1-3H3,(H,14,15). The van der Waals surface area contributed by atoms with Crippen LogP contribution in [0.25, 0.3) is 0 Å². The van der Waals surface area contributed by atoms with E-state index in [0.29, 0.717) is 5.92 Å². The number of H-pyrrole nitrogens is 1. The molecule has 0 atom stereocenters. The first-order chi connectivity index (χ1) is 7.68. The predicted octanol–water partition coefficient (Wildman–Crippen LogP) is 1.87. The number of hydrogen-bond acceptors (Lipinski definition) is 3. The van der Waals surface area contributed by atoms with Crippen molar-refractivity contribution in [2.75, 3.05) is 19.8 Å². The lowest BCUT2D eigenvalue weighted by molar-refractivity contribution is 0.108. The zero-order chi connectivity index (χ0) is 11.8. The van der Waals surface area contributed by atoms with Gasteiger partial charge in [-0.25, -0.2) is 4.98 Å². The molecule has 0 spiro atoms. The molecule has 0 unspecified atom stereocenters. The minimum atomic E-state index is 0.626. The summed E-state index contributed by atoms with van der Waals surface area (Å²) in [4.78, 5) is 7.33. The first-order valence-corrected chi connectivity index (χ1v) is 5.97. The van der Waals surface area contributed by atoms with Crippen LogP contribution >= 0.6 is 0 Å². The number of ether oxygens (including phenoxy) is 1. The fraction of sp³-hybridized carbons (Fsp3) is 0.750. The molecular formula is C12H23N3O. The number of hydrogen-bond donors (Lipinski definition) is 2. The maximum Gasteiger partial charge on any atom is 0.103 e. The number of aromatic nitrogens is 2. The van der Waals surface area contributed by atoms with Crippen LogP contribution in [0, 0.1) is 12.8 Å². The average Bonchev–Trinajstić information content (AvgIpc) is 2.62. The van der Waals surface area contributed by atoms with Gasteiger partial charge < -0.3 is 15.0 Å². The van der Waals surface area contributed by atoms with Gasteiger partial charge in [0.1, 0.15) is 5.82 Å². The van der Waals surface area contributed by atoms with E-state index < -0.39 is 0 Å². The second-order valence-electron chi connectivity index (χ2n) is 4.49. The van der Waals surface area contributed by atoms with E-state index >= 15 is 0 Å². The van der Waals surface area contributed by atoms with Gasteiger partial charge in [0.2, 0.25) is 0 Å². The minimum Gasteiger partial charge on any atom is -0.381 e. The lowest BCUT2D eigenvalue weighted by Crippen LogP contribution is -2.17. The fourth-order valence-corrected chi connectivity index (χ4v) is 1.40. The van der Waals surface area contributed by atoms with Crippen LogP contribution < -0.4 is 5.32 Å². The van der Waals surface area contributed by atoms with Gasteiger partial charge in [0.15, 0.2) is 0 Å². The highest BCUT2D eigenvalue weighted by Crippen LogP contribution is 1.95. The smallest absolute Gasteiger partial charge is 0.103 e. The van der Waals surface area contributed by atoms with Crippen molar-refractivity contribution in [3.05, 3.63) is 17.7 Å². The molecule has 1 aromatic rings. The number of nitrogens with zero attached hydrogens (tertiary/aromatic N) is 1. The molecule has 1 aromatic heterocycles. The predicted molar refractivity (Wildman–Crippen MR) is 65.3 cm³/mol. The molecule has 2 N–H and O–H groups in total. The largest absolute Gasteiger partial charge is 0.381 e. The normalized spacial score (nSPS) is 11.2. The van der Waals surface area contributed by atoms with Crippen LogP contribution in [0.1, 0.15) is 31.8 Å². The Hall–Kier alpha value is -0.870. The van der Waals surface area contributed by atoms with E-state index in [4.69, 9.17) is 4.74 Å². The molecule has 16 heavy (non-hydrogen) atoms. The van der Waals surface area contributed by atoms with E-state index in [9.17, 15) is 0 Å². The van der Waals surface area contributed by atoms with Gasteiger partial charge in [-0.1, -0.05) is 13.8 Å². The van der Waals surface area contributed by atoms with Crippen molar-refractivity contribution in [2.24, 2.45) is 5.92 Å². The van der Waals surface area contributed by atoms with Gasteiger partial charge in [0.05, 0.1) is 0 Å². The van der Waals surface area contributed by atoms with Gasteiger partial charge in [-0.15, -0.1) is 0 Å². The number of aryl methyl sites for hydroxylation is 1. The Morgan fingerprint density at radius 2 is 2.31 bits per heavy atom. The van der Waals surface area contributed by atoms with E-state index in [0.717, 1.165) is 44.2 Å². The van der Waals surface area contributed by atoms with E-state index in [-0.39, 0.29) is 0 Å². The van der Waals surface area contributed by atoms with E-state index in [2.05, 4.69) is 29.1 Å². The summed E-state index contributed by atoms with van der Waals surface area (Å²) < 4.78 is 5.49. The molecule has 0 bridgehead atoms. The van der Waals surface area contributed by atoms with Gasteiger partial charge in [0.25, 0.3) is 0 Å². The maximum absolute atomic E-state index is 5.49. The molecule has 0 aliphatic rings. The van der Waals surface area contributed by atoms with Crippen molar-refractivity contribution in [3.63, 3.8) is 0 Å². The van der Waals surface area contributed by atoms with Crippen LogP contribution in [0.4, 0.5) is 0 Å². The highest BCUT2D eigenvalue weighted by Gasteiger charge is 1.96. The topological polar surface area (TPSA) is 49.9 Å². The first kappa shape index (κ1) is 13.2. The maximum atomic E-state index is 5.49. The number of aromatic amines is 1. The second kappa shape index (κ2) is 7.41. The molecule has 4 heteroatoms. The van der Waals surface area contributed by atoms with Crippen LogP contribution in [0.5, 0.6) is 0 Å². The quantitative estimate of drug-likeness (QED) is 0.664. The van der Waals surface area contributed by atoms with Crippen molar-refractivity contribution in [3.8, 4) is 0 Å². The van der Waals surface area contributed by atoms with Gasteiger partial charge >= 0.3 is 0 Å². The molecule has 0 radical (unpaired) electrons. The van der Waals surface area contributed by atoms with Gasteiger partial charge in [-0.2, -0.15) is 0 Å². The second-order valence-corrected chi connectivity index (χ2v) is 4.49. The summed E-state index contributed by atoms with van der Waals surface area (Å²) in [5.74, 6) is 1.60. The third-order valence-corrected chi connectivity index (χ3v) is 2.16. The molecule has 0 aliphatic heterocycles. The van der Waals surface area contributed by atoms with Crippen LogP contribution in [0.15, 0.2) is 6.20 Å². The Morgan fingerprint density at radius 3 is 2.94 bits per heavy atom. The molecule has 0 aliphatic carbocycles. The third-order valence-electron chi connectivity index (χ3n) is 2.16. The van der Waals surface area contributed by atoms with Crippen LogP contribution in [0.2, 0.25) is 0 Å². The van der Waals surface area contributed by atoms with E-state index in [1.165, 1.54) is 0 Å². The monoisotopic (exact) mass is 225 g/mol. The molecule has 1 rings (SSSR count). The molecule has 0 amide bonds. The highest BCUT2D eigenvalue weighted by atomic mass is 16.5. The average molecular weight is 225 g/mol. The van der Waals surface area contributed by atoms with E-state index in [1.807, 2.05) is 13.1 Å². The number of nitrogens with one attached hydrogen (secondary N) is 2. The van der Waals surface area contributed by atoms with Crippen LogP contribution in [-0.4, -0.2) is 29.7 Å². The van der Waals surface area contributed by atoms with Gasteiger partial charge in [-0.3, -0.25) is 0 Å². The minimum absolute atomic E-state index is 0.626. The molecule has 92 valence electrons. The van der Waals surface area contributed by atoms with Crippen LogP contribution in [0.3, 0.4) is 0 Å². The molecule has 4 nitrogen and oxygen atoms in total. The molecule has 1 heterocycles. The molecule has 0 saturated carbocycles. The van der Waals surface area contributed by atoms with Gasteiger partial charge in [0, 0.05) is 31.6 Å². The summed E-state index contributed by atoms with van der Waals surface area (Å²) in [6.07, 6.45) is 2.93. The fourth-order valence-electron chi connectivity index (χ4n) is 1.40. The molecular weight excluding hydrogens is 202 g/mol. The summed E-state index contributed by atoms with van der Waals surface area (Å²) >= 11 is 0. The molecule has 0 saturated heterocycles. The first-order valence-electron chi connectivity index (χ1n) is 5.97. The number of rotatable bonds is 8. The Kier molecular flexibility index (Phi) is 6.11. The van der Waals surface area contributed by atoms with Crippen molar-refractivity contribution in [1.82, 2.24) is 15.3 Å². The SMILES string of the molecule is Cc1ncc(CNCCCOCC(C)C)[nH]1. The zero-order valence-corrected chi connectivity index (χ0v) is 10.5. The molecule has 0 aromatic carbocycles. The lowest BCUT2D eigenvalue weighted by Gasteiger charge is -2.07. The van der Waals surface area contributed by atoms with E-state index in [1.54, 1.807) is 0 Å². The summed E-state index contributed by atoms with van der Waals surface area (Å²) in [5, 5.41) is 3.35. The van der Waals surface area contributed by atoms with Gasteiger partial charge in [-0.05, 0) is 25.8 Å². The molecule has 0 fully saturated rings. The lowest BCUT2D eigenvalue weighted by atomic mass is 10.2. The van der Waals surface area contributed by atoms with Crippen LogP contribution in [-0.2, 0) is 11.3 Å². The zero-order valence-electron chi connectivity index (χ0n) is 10.5.